The lowest BCUT2D eigenvalue weighted by atomic mass is 10.1. The van der Waals surface area contributed by atoms with E-state index >= 15 is 0 Å². The Labute approximate surface area is 175 Å². The average molecular weight is 438 g/mol. The van der Waals surface area contributed by atoms with Crippen molar-refractivity contribution in [3.05, 3.63) is 56.3 Å². The maximum atomic E-state index is 12.0. The van der Waals surface area contributed by atoms with Crippen molar-refractivity contribution in [2.45, 2.75) is 26.2 Å². The van der Waals surface area contributed by atoms with Gasteiger partial charge in [0, 0.05) is 33.4 Å². The second-order valence-electron chi connectivity index (χ2n) is 6.58. The summed E-state index contributed by atoms with van der Waals surface area (Å²) in [5.41, 5.74) is 4.49. The Morgan fingerprint density at radius 2 is 2.00 bits per heavy atom. The third kappa shape index (κ3) is 5.33. The maximum absolute atomic E-state index is 12.0. The Hall–Kier alpha value is -2.91. The number of hydrazone groups is 1. The summed E-state index contributed by atoms with van der Waals surface area (Å²) in [5.74, 6) is -1.85. The second-order valence-corrected chi connectivity index (χ2v) is 7.39. The van der Waals surface area contributed by atoms with Crippen molar-refractivity contribution in [3.8, 4) is 0 Å². The molecule has 3 rings (SSSR count). The third-order valence-corrected chi connectivity index (χ3v) is 4.87. The molecule has 0 radical (unpaired) electrons. The third-order valence-electron chi connectivity index (χ3n) is 4.20. The Kier molecular flexibility index (Phi) is 6.19. The molecular formula is C18H17Cl2N5O4. The smallest absolute Gasteiger partial charge is 0.319 e. The van der Waals surface area contributed by atoms with Crippen LogP contribution in [0.5, 0.6) is 0 Å². The van der Waals surface area contributed by atoms with Gasteiger partial charge in [-0.1, -0.05) is 29.8 Å². The molecule has 152 valence electrons. The molecule has 1 heterocycles. The number of aromatic amines is 1. The minimum absolute atomic E-state index is 0.257. The Bertz CT molecular complexity index is 1050. The zero-order valence-electron chi connectivity index (χ0n) is 15.3. The van der Waals surface area contributed by atoms with Gasteiger partial charge in [-0.25, -0.2) is 10.2 Å². The number of halogens is 2. The number of nitrogens with zero attached hydrogens (tertiary/aromatic N) is 2. The van der Waals surface area contributed by atoms with Crippen molar-refractivity contribution in [3.63, 3.8) is 0 Å². The molecule has 1 aromatic carbocycles. The van der Waals surface area contributed by atoms with E-state index in [0.717, 1.165) is 12.8 Å². The van der Waals surface area contributed by atoms with Crippen molar-refractivity contribution in [2.24, 2.45) is 11.0 Å². The first-order valence-corrected chi connectivity index (χ1v) is 9.37. The average Bonchev–Trinajstić information content (AvgIpc) is 3.42. The van der Waals surface area contributed by atoms with E-state index in [-0.39, 0.29) is 17.6 Å². The highest BCUT2D eigenvalue weighted by Gasteiger charge is 2.28. The fraction of sp³-hybridized carbons (Fsp3) is 0.278. The first-order valence-electron chi connectivity index (χ1n) is 8.62. The molecule has 0 aliphatic heterocycles. The molecule has 1 saturated carbocycles. The lowest BCUT2D eigenvalue weighted by Gasteiger charge is -2.11. The molecule has 1 aliphatic carbocycles. The standard InChI is InChI=1S/C18H17Cl2N5O4/c1-8(23-24-16(26)9(2)10-3-4-10)5-12-13(19)6-11(7-14(12)20)21-17(27)15-22-18(28)29-25-15/h6-7,10H,2-5H2,1H3,(H,21,27)(H,24,26)(H,22,25,28)/b23-8+. The van der Waals surface area contributed by atoms with Crippen molar-refractivity contribution in [1.29, 1.82) is 0 Å². The van der Waals surface area contributed by atoms with Gasteiger partial charge >= 0.3 is 5.76 Å². The number of anilines is 1. The highest BCUT2D eigenvalue weighted by molar-refractivity contribution is 6.37. The first kappa shape index (κ1) is 20.8. The second kappa shape index (κ2) is 8.62. The summed E-state index contributed by atoms with van der Waals surface area (Å²) in [4.78, 5) is 37.0. The van der Waals surface area contributed by atoms with Crippen molar-refractivity contribution in [1.82, 2.24) is 15.6 Å². The minimum atomic E-state index is -0.843. The van der Waals surface area contributed by atoms with E-state index in [4.69, 9.17) is 23.2 Å². The molecule has 2 aromatic rings. The zero-order chi connectivity index (χ0) is 21.1. The summed E-state index contributed by atoms with van der Waals surface area (Å²) < 4.78 is 4.28. The number of amides is 2. The molecule has 11 heteroatoms. The van der Waals surface area contributed by atoms with Gasteiger partial charge in [0.2, 0.25) is 5.82 Å². The number of carbonyl (C=O) groups excluding carboxylic acids is 2. The van der Waals surface area contributed by atoms with Crippen LogP contribution in [0.15, 0.2) is 38.7 Å². The predicted octanol–water partition coefficient (Wildman–Crippen LogP) is 2.92. The topological polar surface area (TPSA) is 129 Å². The van der Waals surface area contributed by atoms with E-state index in [1.165, 1.54) is 12.1 Å². The van der Waals surface area contributed by atoms with Gasteiger partial charge in [-0.3, -0.25) is 19.1 Å². The van der Waals surface area contributed by atoms with E-state index in [1.54, 1.807) is 6.92 Å². The number of rotatable bonds is 7. The van der Waals surface area contributed by atoms with Crippen LogP contribution in [0.2, 0.25) is 10.0 Å². The monoisotopic (exact) mass is 437 g/mol. The Morgan fingerprint density at radius 3 is 2.55 bits per heavy atom. The number of benzene rings is 1. The molecule has 3 N–H and O–H groups in total. The maximum Gasteiger partial charge on any atom is 0.439 e. The summed E-state index contributed by atoms with van der Waals surface area (Å²) in [7, 11) is 0. The summed E-state index contributed by atoms with van der Waals surface area (Å²) in [5, 5.41) is 10.5. The molecule has 2 amide bonds. The van der Waals surface area contributed by atoms with E-state index < -0.39 is 11.7 Å². The van der Waals surface area contributed by atoms with Crippen LogP contribution in [-0.2, 0) is 11.2 Å². The van der Waals surface area contributed by atoms with Gasteiger partial charge in [0.15, 0.2) is 0 Å². The summed E-state index contributed by atoms with van der Waals surface area (Å²) in [6.07, 6.45) is 2.25. The Balaban J connectivity index is 1.66. The molecule has 0 saturated heterocycles. The van der Waals surface area contributed by atoms with Crippen LogP contribution in [0.25, 0.3) is 0 Å². The molecule has 9 nitrogen and oxygen atoms in total. The van der Waals surface area contributed by atoms with Crippen LogP contribution in [-0.4, -0.2) is 27.7 Å². The van der Waals surface area contributed by atoms with Crippen LogP contribution in [0.3, 0.4) is 0 Å². The van der Waals surface area contributed by atoms with Gasteiger partial charge in [0.1, 0.15) is 0 Å². The summed E-state index contributed by atoms with van der Waals surface area (Å²) in [6.45, 7) is 5.50. The highest BCUT2D eigenvalue weighted by atomic mass is 35.5. The van der Waals surface area contributed by atoms with Gasteiger partial charge in [0.25, 0.3) is 11.8 Å². The van der Waals surface area contributed by atoms with Gasteiger partial charge in [0.05, 0.1) is 0 Å². The Morgan fingerprint density at radius 1 is 1.34 bits per heavy atom. The SMILES string of the molecule is C=C(C(=O)N/N=C(\C)Cc1c(Cl)cc(NC(=O)c2noc(=O)[nH]2)cc1Cl)C1CC1. The van der Waals surface area contributed by atoms with E-state index in [2.05, 4.69) is 37.1 Å². The fourth-order valence-corrected chi connectivity index (χ4v) is 3.11. The van der Waals surface area contributed by atoms with Crippen LogP contribution in [0.4, 0.5) is 5.69 Å². The summed E-state index contributed by atoms with van der Waals surface area (Å²) in [6, 6.07) is 3.00. The highest BCUT2D eigenvalue weighted by Crippen LogP contribution is 2.35. The summed E-state index contributed by atoms with van der Waals surface area (Å²) >= 11 is 12.6. The van der Waals surface area contributed by atoms with Gasteiger partial charge in [-0.05, 0) is 48.5 Å². The van der Waals surface area contributed by atoms with Gasteiger partial charge < -0.3 is 5.32 Å². The molecule has 1 aromatic heterocycles. The van der Waals surface area contributed by atoms with Gasteiger partial charge in [-0.15, -0.1) is 0 Å². The normalized spacial score (nSPS) is 13.8. The molecule has 0 atom stereocenters. The van der Waals surface area contributed by atoms with E-state index in [0.29, 0.717) is 39.0 Å². The molecule has 1 fully saturated rings. The number of H-pyrrole nitrogens is 1. The van der Waals surface area contributed by atoms with Gasteiger partial charge in [-0.2, -0.15) is 5.10 Å². The minimum Gasteiger partial charge on any atom is -0.319 e. The lowest BCUT2D eigenvalue weighted by molar-refractivity contribution is -0.117. The molecule has 1 aliphatic rings. The van der Waals surface area contributed by atoms with Crippen molar-refractivity contribution >= 4 is 46.4 Å². The molecule has 0 unspecified atom stereocenters. The number of nitrogens with one attached hydrogen (secondary N) is 3. The fourth-order valence-electron chi connectivity index (χ4n) is 2.49. The number of hydrogen-bond donors (Lipinski definition) is 3. The van der Waals surface area contributed by atoms with Crippen LogP contribution >= 0.6 is 23.2 Å². The largest absolute Gasteiger partial charge is 0.439 e. The molecular weight excluding hydrogens is 421 g/mol. The lowest BCUT2D eigenvalue weighted by Crippen LogP contribution is -2.21. The first-order chi connectivity index (χ1) is 13.7. The van der Waals surface area contributed by atoms with Crippen LogP contribution in [0.1, 0.15) is 35.9 Å². The zero-order valence-corrected chi connectivity index (χ0v) is 16.9. The number of carbonyl (C=O) groups is 2. The van der Waals surface area contributed by atoms with Crippen molar-refractivity contribution < 1.29 is 14.1 Å². The van der Waals surface area contributed by atoms with Crippen LogP contribution < -0.4 is 16.5 Å². The van der Waals surface area contributed by atoms with E-state index in [9.17, 15) is 14.4 Å². The van der Waals surface area contributed by atoms with E-state index in [1.807, 2.05) is 0 Å². The van der Waals surface area contributed by atoms with Crippen LogP contribution in [0, 0.1) is 5.92 Å². The molecule has 0 spiro atoms. The predicted molar refractivity (Wildman–Crippen MR) is 108 cm³/mol. The number of hydrogen-bond acceptors (Lipinski definition) is 6. The quantitative estimate of drug-likeness (QED) is 0.348. The number of aromatic nitrogens is 2. The molecule has 29 heavy (non-hydrogen) atoms. The molecule has 0 bridgehead atoms. The van der Waals surface area contributed by atoms with Crippen molar-refractivity contribution in [2.75, 3.05) is 5.32 Å².